The average molecular weight is 186 g/mol. The Morgan fingerprint density at radius 3 is 2.36 bits per heavy atom. The molecular weight excluding hydrogens is 172 g/mol. The fourth-order valence-corrected chi connectivity index (χ4v) is 1.26. The molecule has 1 aromatic rings. The highest BCUT2D eigenvalue weighted by Gasteiger charge is 2.03. The number of aromatic hydroxyl groups is 1. The number of hydrogen-bond acceptors (Lipinski definition) is 1. The first kappa shape index (κ1) is 10.4. The van der Waals surface area contributed by atoms with Crippen LogP contribution in [0.4, 0.5) is 0 Å². The van der Waals surface area contributed by atoms with Gasteiger partial charge in [0.25, 0.3) is 0 Å². The molecule has 0 heterocycles. The quantitative estimate of drug-likeness (QED) is 0.556. The molecule has 0 bridgehead atoms. The zero-order valence-corrected chi connectivity index (χ0v) is 8.49. The van der Waals surface area contributed by atoms with Crippen molar-refractivity contribution in [2.24, 2.45) is 0 Å². The molecule has 0 spiro atoms. The molecule has 0 aliphatic heterocycles. The van der Waals surface area contributed by atoms with E-state index in [-0.39, 0.29) is 11.7 Å². The third-order valence-electron chi connectivity index (χ3n) is 1.93. The van der Waals surface area contributed by atoms with Gasteiger partial charge >= 0.3 is 0 Å². The summed E-state index contributed by atoms with van der Waals surface area (Å²) >= 11 is 0. The fourth-order valence-electron chi connectivity index (χ4n) is 1.26. The normalized spacial score (nSPS) is 11.5. The first-order valence-corrected chi connectivity index (χ1v) is 4.53. The first-order valence-electron chi connectivity index (χ1n) is 4.53. The maximum atomic E-state index is 9.13. The van der Waals surface area contributed by atoms with Gasteiger partial charge in [-0.3, -0.25) is 0 Å². The first-order chi connectivity index (χ1) is 6.63. The summed E-state index contributed by atoms with van der Waals surface area (Å²) in [6, 6.07) is 7.00. The molecular formula is C13H14O. The van der Waals surface area contributed by atoms with Crippen LogP contribution >= 0.6 is 0 Å². The average Bonchev–Trinajstić information content (AvgIpc) is 2.15. The van der Waals surface area contributed by atoms with Gasteiger partial charge in [0.15, 0.2) is 0 Å². The number of hydrogen-bond donors (Lipinski definition) is 1. The van der Waals surface area contributed by atoms with Gasteiger partial charge in [-0.1, -0.05) is 29.7 Å². The number of rotatable bonds is 2. The topological polar surface area (TPSA) is 20.2 Å². The molecule has 0 aliphatic carbocycles. The van der Waals surface area contributed by atoms with Gasteiger partial charge in [0, 0.05) is 0 Å². The second-order valence-electron chi connectivity index (χ2n) is 3.48. The SMILES string of the molecule is C#CC(C=C(C)C)c1ccc(O)cc1. The van der Waals surface area contributed by atoms with Crippen LogP contribution in [0.5, 0.6) is 5.75 Å². The van der Waals surface area contributed by atoms with Gasteiger partial charge in [-0.15, -0.1) is 6.42 Å². The van der Waals surface area contributed by atoms with Crippen molar-refractivity contribution in [3.63, 3.8) is 0 Å². The van der Waals surface area contributed by atoms with Crippen molar-refractivity contribution >= 4 is 0 Å². The number of allylic oxidation sites excluding steroid dienone is 2. The van der Waals surface area contributed by atoms with E-state index in [2.05, 4.69) is 5.92 Å². The van der Waals surface area contributed by atoms with Gasteiger partial charge in [0.1, 0.15) is 5.75 Å². The zero-order valence-electron chi connectivity index (χ0n) is 8.49. The maximum Gasteiger partial charge on any atom is 0.115 e. The Balaban J connectivity index is 2.97. The number of phenols is 1. The van der Waals surface area contributed by atoms with E-state index < -0.39 is 0 Å². The van der Waals surface area contributed by atoms with E-state index >= 15 is 0 Å². The zero-order chi connectivity index (χ0) is 10.6. The maximum absolute atomic E-state index is 9.13. The lowest BCUT2D eigenvalue weighted by atomic mass is 9.98. The number of phenolic OH excluding ortho intramolecular Hbond substituents is 1. The minimum atomic E-state index is 0.000556. The molecule has 0 saturated carbocycles. The van der Waals surface area contributed by atoms with E-state index in [1.54, 1.807) is 12.1 Å². The second kappa shape index (κ2) is 4.53. The molecule has 72 valence electrons. The van der Waals surface area contributed by atoms with Crippen molar-refractivity contribution in [1.29, 1.82) is 0 Å². The molecule has 1 aromatic carbocycles. The van der Waals surface area contributed by atoms with E-state index in [1.165, 1.54) is 5.57 Å². The Hall–Kier alpha value is -1.68. The van der Waals surface area contributed by atoms with E-state index in [0.717, 1.165) is 5.56 Å². The predicted molar refractivity (Wildman–Crippen MR) is 59.1 cm³/mol. The highest BCUT2D eigenvalue weighted by Crippen LogP contribution is 2.20. The van der Waals surface area contributed by atoms with Crippen LogP contribution in [0.3, 0.4) is 0 Å². The van der Waals surface area contributed by atoms with Crippen LogP contribution in [-0.2, 0) is 0 Å². The van der Waals surface area contributed by atoms with Crippen molar-refractivity contribution in [1.82, 2.24) is 0 Å². The summed E-state index contributed by atoms with van der Waals surface area (Å²) in [6.45, 7) is 4.04. The monoisotopic (exact) mass is 186 g/mol. The van der Waals surface area contributed by atoms with Crippen molar-refractivity contribution in [2.45, 2.75) is 19.8 Å². The van der Waals surface area contributed by atoms with Gasteiger partial charge in [0.05, 0.1) is 5.92 Å². The van der Waals surface area contributed by atoms with Crippen LogP contribution in [0.1, 0.15) is 25.3 Å². The molecule has 0 saturated heterocycles. The fraction of sp³-hybridized carbons (Fsp3) is 0.231. The molecule has 14 heavy (non-hydrogen) atoms. The third kappa shape index (κ3) is 2.67. The van der Waals surface area contributed by atoms with Gasteiger partial charge in [-0.25, -0.2) is 0 Å². The molecule has 0 fully saturated rings. The van der Waals surface area contributed by atoms with Gasteiger partial charge in [0.2, 0.25) is 0 Å². The summed E-state index contributed by atoms with van der Waals surface area (Å²) in [4.78, 5) is 0. The van der Waals surface area contributed by atoms with E-state index in [4.69, 9.17) is 11.5 Å². The summed E-state index contributed by atoms with van der Waals surface area (Å²) in [5, 5.41) is 9.13. The van der Waals surface area contributed by atoms with E-state index in [0.29, 0.717) is 0 Å². The molecule has 0 amide bonds. The van der Waals surface area contributed by atoms with Crippen LogP contribution in [0.25, 0.3) is 0 Å². The highest BCUT2D eigenvalue weighted by atomic mass is 16.3. The lowest BCUT2D eigenvalue weighted by Crippen LogP contribution is -1.91. The van der Waals surface area contributed by atoms with Crippen LogP contribution in [0.2, 0.25) is 0 Å². The molecule has 1 N–H and O–H groups in total. The summed E-state index contributed by atoms with van der Waals surface area (Å²) in [5.41, 5.74) is 2.23. The van der Waals surface area contributed by atoms with Crippen LogP contribution in [0, 0.1) is 12.3 Å². The lowest BCUT2D eigenvalue weighted by Gasteiger charge is -2.06. The van der Waals surface area contributed by atoms with Crippen LogP contribution in [0.15, 0.2) is 35.9 Å². The third-order valence-corrected chi connectivity index (χ3v) is 1.93. The Labute approximate surface area is 85.1 Å². The Morgan fingerprint density at radius 1 is 1.36 bits per heavy atom. The molecule has 0 radical (unpaired) electrons. The molecule has 1 unspecified atom stereocenters. The predicted octanol–water partition coefficient (Wildman–Crippen LogP) is 3.08. The van der Waals surface area contributed by atoms with E-state index in [9.17, 15) is 0 Å². The van der Waals surface area contributed by atoms with Crippen molar-refractivity contribution in [2.75, 3.05) is 0 Å². The molecule has 1 rings (SSSR count). The summed E-state index contributed by atoms with van der Waals surface area (Å²) < 4.78 is 0. The standard InChI is InChI=1S/C13H14O/c1-4-11(9-10(2)3)12-5-7-13(14)8-6-12/h1,5-9,11,14H,2-3H3. The van der Waals surface area contributed by atoms with Crippen molar-refractivity contribution in [3.05, 3.63) is 41.5 Å². The summed E-state index contributed by atoms with van der Waals surface area (Å²) in [5.74, 6) is 2.98. The Morgan fingerprint density at radius 2 is 1.93 bits per heavy atom. The van der Waals surface area contributed by atoms with Gasteiger partial charge in [-0.2, -0.15) is 0 Å². The smallest absolute Gasteiger partial charge is 0.115 e. The minimum Gasteiger partial charge on any atom is -0.508 e. The number of benzene rings is 1. The van der Waals surface area contributed by atoms with Gasteiger partial charge < -0.3 is 5.11 Å². The summed E-state index contributed by atoms with van der Waals surface area (Å²) in [7, 11) is 0. The Bertz CT molecular complexity index is 361. The molecule has 1 atom stereocenters. The van der Waals surface area contributed by atoms with E-state index in [1.807, 2.05) is 32.1 Å². The largest absolute Gasteiger partial charge is 0.508 e. The molecule has 0 aromatic heterocycles. The molecule has 1 heteroatoms. The van der Waals surface area contributed by atoms with Crippen molar-refractivity contribution in [3.8, 4) is 18.1 Å². The lowest BCUT2D eigenvalue weighted by molar-refractivity contribution is 0.475. The number of terminal acetylenes is 1. The molecule has 1 nitrogen and oxygen atoms in total. The summed E-state index contributed by atoms with van der Waals surface area (Å²) in [6.07, 6.45) is 7.47. The highest BCUT2D eigenvalue weighted by molar-refractivity contribution is 5.36. The minimum absolute atomic E-state index is 0.000556. The van der Waals surface area contributed by atoms with Crippen molar-refractivity contribution < 1.29 is 5.11 Å². The van der Waals surface area contributed by atoms with Crippen LogP contribution in [-0.4, -0.2) is 5.11 Å². The van der Waals surface area contributed by atoms with Crippen LogP contribution < -0.4 is 0 Å². The Kier molecular flexibility index (Phi) is 3.36. The second-order valence-corrected chi connectivity index (χ2v) is 3.48. The van der Waals surface area contributed by atoms with Gasteiger partial charge in [-0.05, 0) is 31.5 Å². The molecule has 0 aliphatic rings.